The number of urea groups is 1. The van der Waals surface area contributed by atoms with Crippen LogP contribution in [0.5, 0.6) is 0 Å². The van der Waals surface area contributed by atoms with Gasteiger partial charge in [0, 0.05) is 18.8 Å². The summed E-state index contributed by atoms with van der Waals surface area (Å²) in [6.45, 7) is 8.95. The van der Waals surface area contributed by atoms with Crippen molar-refractivity contribution < 1.29 is 9.59 Å². The quantitative estimate of drug-likeness (QED) is 0.813. The van der Waals surface area contributed by atoms with Gasteiger partial charge in [-0.05, 0) is 38.3 Å². The standard InChI is InChI=1S/C17H27N3O2/c1-5-18-16(21)15(12-13(3)4)19-17(22)20(6-2)14-10-8-7-9-11-14/h7-11,13,15H,5-6,12H2,1-4H3,(H,18,21)(H,19,22)/t15-/m0/s1. The van der Waals surface area contributed by atoms with Gasteiger partial charge in [0.15, 0.2) is 0 Å². The molecular formula is C17H27N3O2. The van der Waals surface area contributed by atoms with Gasteiger partial charge in [0.1, 0.15) is 6.04 Å². The highest BCUT2D eigenvalue weighted by Gasteiger charge is 2.24. The molecule has 0 unspecified atom stereocenters. The lowest BCUT2D eigenvalue weighted by Gasteiger charge is -2.26. The first-order valence-electron chi connectivity index (χ1n) is 7.90. The fourth-order valence-electron chi connectivity index (χ4n) is 2.28. The van der Waals surface area contributed by atoms with E-state index in [0.717, 1.165) is 5.69 Å². The zero-order valence-electron chi connectivity index (χ0n) is 13.9. The molecule has 22 heavy (non-hydrogen) atoms. The summed E-state index contributed by atoms with van der Waals surface area (Å²) >= 11 is 0. The van der Waals surface area contributed by atoms with Gasteiger partial charge in [-0.25, -0.2) is 4.79 Å². The second-order valence-electron chi connectivity index (χ2n) is 5.61. The molecule has 5 nitrogen and oxygen atoms in total. The fraction of sp³-hybridized carbons (Fsp3) is 0.529. The molecule has 0 saturated carbocycles. The highest BCUT2D eigenvalue weighted by Crippen LogP contribution is 2.14. The SMILES string of the molecule is CCNC(=O)[C@H](CC(C)C)NC(=O)N(CC)c1ccccc1. The van der Waals surface area contributed by atoms with E-state index in [4.69, 9.17) is 0 Å². The Balaban J connectivity index is 2.82. The summed E-state index contributed by atoms with van der Waals surface area (Å²) < 4.78 is 0. The first-order valence-corrected chi connectivity index (χ1v) is 7.90. The summed E-state index contributed by atoms with van der Waals surface area (Å²) in [6.07, 6.45) is 0.615. The zero-order valence-corrected chi connectivity index (χ0v) is 13.9. The van der Waals surface area contributed by atoms with Crippen molar-refractivity contribution in [3.63, 3.8) is 0 Å². The van der Waals surface area contributed by atoms with Crippen molar-refractivity contribution in [2.75, 3.05) is 18.0 Å². The molecule has 2 N–H and O–H groups in total. The number of carbonyl (C=O) groups excluding carboxylic acids is 2. The number of likely N-dealkylation sites (N-methyl/N-ethyl adjacent to an activating group) is 1. The van der Waals surface area contributed by atoms with Crippen LogP contribution in [0.25, 0.3) is 0 Å². The fourth-order valence-corrected chi connectivity index (χ4v) is 2.28. The summed E-state index contributed by atoms with van der Waals surface area (Å²) in [7, 11) is 0. The lowest BCUT2D eigenvalue weighted by Crippen LogP contribution is -2.51. The molecule has 0 bridgehead atoms. The molecule has 0 spiro atoms. The predicted molar refractivity (Wildman–Crippen MR) is 89.9 cm³/mol. The second-order valence-corrected chi connectivity index (χ2v) is 5.61. The molecule has 1 atom stereocenters. The Labute approximate surface area is 133 Å². The van der Waals surface area contributed by atoms with E-state index in [2.05, 4.69) is 10.6 Å². The van der Waals surface area contributed by atoms with Gasteiger partial charge < -0.3 is 10.6 Å². The van der Waals surface area contributed by atoms with Crippen LogP contribution in [0.15, 0.2) is 30.3 Å². The monoisotopic (exact) mass is 305 g/mol. The molecule has 0 saturated heterocycles. The van der Waals surface area contributed by atoms with E-state index in [9.17, 15) is 9.59 Å². The Kier molecular flexibility index (Phi) is 7.43. The molecule has 0 aliphatic heterocycles. The molecule has 1 aromatic rings. The van der Waals surface area contributed by atoms with Crippen molar-refractivity contribution in [3.05, 3.63) is 30.3 Å². The average molecular weight is 305 g/mol. The van der Waals surface area contributed by atoms with Crippen molar-refractivity contribution in [2.45, 2.75) is 40.2 Å². The maximum Gasteiger partial charge on any atom is 0.322 e. The van der Waals surface area contributed by atoms with Crippen LogP contribution in [0.1, 0.15) is 34.1 Å². The van der Waals surface area contributed by atoms with Gasteiger partial charge in [0.2, 0.25) is 5.91 Å². The molecule has 0 radical (unpaired) electrons. The number of carbonyl (C=O) groups is 2. The molecule has 0 aromatic heterocycles. The minimum Gasteiger partial charge on any atom is -0.355 e. The second kappa shape index (κ2) is 9.07. The van der Waals surface area contributed by atoms with E-state index >= 15 is 0 Å². The van der Waals surface area contributed by atoms with Gasteiger partial charge in [0.05, 0.1) is 0 Å². The minimum atomic E-state index is -0.509. The van der Waals surface area contributed by atoms with Crippen molar-refractivity contribution in [1.82, 2.24) is 10.6 Å². The Bertz CT molecular complexity index is 474. The van der Waals surface area contributed by atoms with Gasteiger partial charge in [-0.2, -0.15) is 0 Å². The van der Waals surface area contributed by atoms with Crippen LogP contribution in [0.4, 0.5) is 10.5 Å². The molecule has 1 aromatic carbocycles. The molecule has 0 aliphatic rings. The van der Waals surface area contributed by atoms with Gasteiger partial charge >= 0.3 is 6.03 Å². The minimum absolute atomic E-state index is 0.131. The number of benzene rings is 1. The first-order chi connectivity index (χ1) is 10.5. The van der Waals surface area contributed by atoms with Gasteiger partial charge in [-0.1, -0.05) is 32.0 Å². The van der Waals surface area contributed by atoms with Crippen LogP contribution < -0.4 is 15.5 Å². The normalized spacial score (nSPS) is 11.9. The number of anilines is 1. The van der Waals surface area contributed by atoms with Crippen LogP contribution in [0.2, 0.25) is 0 Å². The lowest BCUT2D eigenvalue weighted by molar-refractivity contribution is -0.123. The van der Waals surface area contributed by atoms with Crippen LogP contribution >= 0.6 is 0 Å². The van der Waals surface area contributed by atoms with Crippen molar-refractivity contribution in [3.8, 4) is 0 Å². The van der Waals surface area contributed by atoms with Crippen LogP contribution in [0.3, 0.4) is 0 Å². The Hall–Kier alpha value is -2.04. The highest BCUT2D eigenvalue weighted by molar-refractivity contribution is 5.95. The Morgan fingerprint density at radius 2 is 1.77 bits per heavy atom. The molecule has 3 amide bonds. The first kappa shape index (κ1) is 18.0. The van der Waals surface area contributed by atoms with Crippen molar-refractivity contribution in [1.29, 1.82) is 0 Å². The molecule has 0 heterocycles. The molecule has 5 heteroatoms. The van der Waals surface area contributed by atoms with Crippen molar-refractivity contribution in [2.24, 2.45) is 5.92 Å². The maximum atomic E-state index is 12.5. The van der Waals surface area contributed by atoms with E-state index in [0.29, 0.717) is 25.4 Å². The topological polar surface area (TPSA) is 61.4 Å². The van der Waals surface area contributed by atoms with E-state index in [-0.39, 0.29) is 11.9 Å². The summed E-state index contributed by atoms with van der Waals surface area (Å²) in [5, 5.41) is 5.64. The van der Waals surface area contributed by atoms with E-state index in [1.807, 2.05) is 58.0 Å². The maximum absolute atomic E-state index is 12.5. The number of nitrogens with one attached hydrogen (secondary N) is 2. The van der Waals surface area contributed by atoms with Crippen LogP contribution in [-0.2, 0) is 4.79 Å². The van der Waals surface area contributed by atoms with Gasteiger partial charge in [0.25, 0.3) is 0 Å². The molecule has 122 valence electrons. The molecular weight excluding hydrogens is 278 g/mol. The van der Waals surface area contributed by atoms with E-state index in [1.54, 1.807) is 4.90 Å². The third-order valence-electron chi connectivity index (χ3n) is 3.30. The number of amides is 3. The van der Waals surface area contributed by atoms with E-state index in [1.165, 1.54) is 0 Å². The van der Waals surface area contributed by atoms with E-state index < -0.39 is 6.04 Å². The third kappa shape index (κ3) is 5.39. The third-order valence-corrected chi connectivity index (χ3v) is 3.30. The average Bonchev–Trinajstić information content (AvgIpc) is 2.48. The number of hydrogen-bond acceptors (Lipinski definition) is 2. The predicted octanol–water partition coefficient (Wildman–Crippen LogP) is 2.77. The number of nitrogens with zero attached hydrogens (tertiary/aromatic N) is 1. The number of para-hydroxylation sites is 1. The molecule has 1 rings (SSSR count). The number of hydrogen-bond donors (Lipinski definition) is 2. The number of rotatable bonds is 7. The zero-order chi connectivity index (χ0) is 16.5. The lowest BCUT2D eigenvalue weighted by atomic mass is 10.0. The largest absolute Gasteiger partial charge is 0.355 e. The summed E-state index contributed by atoms with van der Waals surface area (Å²) in [5.74, 6) is 0.188. The highest BCUT2D eigenvalue weighted by atomic mass is 16.2. The van der Waals surface area contributed by atoms with Crippen molar-refractivity contribution >= 4 is 17.6 Å². The van der Waals surface area contributed by atoms with Crippen LogP contribution in [-0.4, -0.2) is 31.1 Å². The summed E-state index contributed by atoms with van der Waals surface area (Å²) in [4.78, 5) is 26.3. The molecule has 0 fully saturated rings. The smallest absolute Gasteiger partial charge is 0.322 e. The Morgan fingerprint density at radius 1 is 1.14 bits per heavy atom. The van der Waals surface area contributed by atoms with Crippen LogP contribution in [0, 0.1) is 5.92 Å². The molecule has 0 aliphatic carbocycles. The summed E-state index contributed by atoms with van der Waals surface area (Å²) in [6, 6.07) is 8.70. The van der Waals surface area contributed by atoms with Gasteiger partial charge in [-0.3, -0.25) is 9.69 Å². The summed E-state index contributed by atoms with van der Waals surface area (Å²) in [5.41, 5.74) is 0.821. The Morgan fingerprint density at radius 3 is 2.27 bits per heavy atom. The van der Waals surface area contributed by atoms with Gasteiger partial charge in [-0.15, -0.1) is 0 Å².